The predicted molar refractivity (Wildman–Crippen MR) is 110 cm³/mol. The third kappa shape index (κ3) is 4.71. The Morgan fingerprint density at radius 2 is 1.86 bits per heavy atom. The van der Waals surface area contributed by atoms with Gasteiger partial charge in [0, 0.05) is 6.54 Å². The fourth-order valence-corrected chi connectivity index (χ4v) is 2.85. The molecule has 7 heteroatoms. The third-order valence-corrected chi connectivity index (χ3v) is 4.32. The molecule has 0 amide bonds. The molecule has 0 atom stereocenters. The summed E-state index contributed by atoms with van der Waals surface area (Å²) in [6.07, 6.45) is 1.07. The lowest BCUT2D eigenvalue weighted by molar-refractivity contribution is 0.377. The van der Waals surface area contributed by atoms with Crippen molar-refractivity contribution in [1.29, 1.82) is 0 Å². The topological polar surface area (TPSA) is 65.4 Å². The molecule has 0 saturated heterocycles. The van der Waals surface area contributed by atoms with E-state index in [2.05, 4.69) is 17.3 Å². The number of rotatable bonds is 8. The zero-order chi connectivity index (χ0) is 19.9. The van der Waals surface area contributed by atoms with Crippen molar-refractivity contribution in [3.63, 3.8) is 0 Å². The summed E-state index contributed by atoms with van der Waals surface area (Å²) in [7, 11) is 1.57. The largest absolute Gasteiger partial charge is 0.493 e. The Kier molecular flexibility index (Phi) is 6.68. The van der Waals surface area contributed by atoms with Crippen LogP contribution in [0.2, 0.25) is 5.15 Å². The summed E-state index contributed by atoms with van der Waals surface area (Å²) in [4.78, 5) is 12.5. The van der Waals surface area contributed by atoms with Gasteiger partial charge in [-0.2, -0.15) is 4.68 Å². The van der Waals surface area contributed by atoms with Crippen molar-refractivity contribution in [2.24, 2.45) is 0 Å². The van der Waals surface area contributed by atoms with E-state index in [-0.39, 0.29) is 16.5 Å². The van der Waals surface area contributed by atoms with Crippen LogP contribution in [0.3, 0.4) is 0 Å². The number of halogens is 1. The van der Waals surface area contributed by atoms with Gasteiger partial charge in [-0.3, -0.25) is 4.79 Å². The van der Waals surface area contributed by atoms with Gasteiger partial charge in [0.1, 0.15) is 0 Å². The molecule has 0 fully saturated rings. The lowest BCUT2D eigenvalue weighted by atomic mass is 10.2. The van der Waals surface area contributed by atoms with Crippen LogP contribution in [0.15, 0.2) is 59.4 Å². The van der Waals surface area contributed by atoms with Gasteiger partial charge >= 0.3 is 0 Å². The Morgan fingerprint density at radius 1 is 1.07 bits per heavy atom. The number of nitrogens with one attached hydrogen (secondary N) is 1. The summed E-state index contributed by atoms with van der Waals surface area (Å²) in [5.74, 6) is 1.19. The number of hydrogen-bond acceptors (Lipinski definition) is 5. The maximum absolute atomic E-state index is 12.5. The molecule has 0 spiro atoms. The van der Waals surface area contributed by atoms with Crippen LogP contribution in [0.4, 0.5) is 0 Å². The first-order valence-electron chi connectivity index (χ1n) is 9.03. The first-order valence-corrected chi connectivity index (χ1v) is 9.41. The smallest absolute Gasteiger partial charge is 0.275 e. The van der Waals surface area contributed by atoms with Crippen LogP contribution in [0.25, 0.3) is 5.69 Å². The summed E-state index contributed by atoms with van der Waals surface area (Å²) < 4.78 is 12.5. The molecule has 6 nitrogen and oxygen atoms in total. The molecule has 146 valence electrons. The number of para-hydroxylation sites is 1. The Labute approximate surface area is 168 Å². The van der Waals surface area contributed by atoms with Crippen LogP contribution in [0, 0.1) is 0 Å². The summed E-state index contributed by atoms with van der Waals surface area (Å²) in [6.45, 7) is 3.80. The summed E-state index contributed by atoms with van der Waals surface area (Å²) >= 11 is 6.27. The lowest BCUT2D eigenvalue weighted by Gasteiger charge is -2.13. The van der Waals surface area contributed by atoms with Crippen LogP contribution in [0.5, 0.6) is 17.2 Å². The van der Waals surface area contributed by atoms with Gasteiger partial charge in [-0.1, -0.05) is 42.8 Å². The van der Waals surface area contributed by atoms with E-state index in [0.29, 0.717) is 17.2 Å². The molecular weight excluding hydrogens is 378 g/mol. The number of hydrogen-bond donors (Lipinski definition) is 1. The Bertz CT molecular complexity index is 990. The van der Waals surface area contributed by atoms with Crippen LogP contribution in [-0.2, 0) is 6.54 Å². The quantitative estimate of drug-likeness (QED) is 0.575. The molecule has 0 bridgehead atoms. The van der Waals surface area contributed by atoms with Gasteiger partial charge in [0.15, 0.2) is 22.4 Å². The van der Waals surface area contributed by atoms with E-state index in [4.69, 9.17) is 21.1 Å². The second-order valence-corrected chi connectivity index (χ2v) is 6.51. The van der Waals surface area contributed by atoms with Crippen molar-refractivity contribution in [2.75, 3.05) is 13.7 Å². The van der Waals surface area contributed by atoms with Crippen LogP contribution < -0.4 is 20.3 Å². The molecule has 0 radical (unpaired) electrons. The van der Waals surface area contributed by atoms with Crippen molar-refractivity contribution in [2.45, 2.75) is 19.9 Å². The number of methoxy groups -OCH3 is 1. The van der Waals surface area contributed by atoms with Crippen LogP contribution in [-0.4, -0.2) is 23.4 Å². The summed E-state index contributed by atoms with van der Waals surface area (Å²) in [6, 6.07) is 16.0. The van der Waals surface area contributed by atoms with Crippen molar-refractivity contribution in [3.8, 4) is 22.9 Å². The average molecular weight is 400 g/mol. The predicted octanol–water partition coefficient (Wildman–Crippen LogP) is 4.19. The zero-order valence-corrected chi connectivity index (χ0v) is 16.6. The van der Waals surface area contributed by atoms with Gasteiger partial charge in [0.2, 0.25) is 0 Å². The molecule has 0 aliphatic rings. The highest BCUT2D eigenvalue weighted by Crippen LogP contribution is 2.34. The van der Waals surface area contributed by atoms with Crippen molar-refractivity contribution >= 4 is 11.6 Å². The normalized spacial score (nSPS) is 10.7. The molecule has 3 aromatic rings. The molecule has 3 rings (SSSR count). The second kappa shape index (κ2) is 9.39. The Morgan fingerprint density at radius 3 is 2.57 bits per heavy atom. The molecule has 2 aromatic carbocycles. The fraction of sp³-hybridized carbons (Fsp3) is 0.238. The van der Waals surface area contributed by atoms with E-state index >= 15 is 0 Å². The summed E-state index contributed by atoms with van der Waals surface area (Å²) in [5, 5.41) is 7.58. The number of ether oxygens (including phenoxy) is 2. The molecule has 0 saturated carbocycles. The highest BCUT2D eigenvalue weighted by Gasteiger charge is 2.13. The number of benzene rings is 2. The van der Waals surface area contributed by atoms with E-state index in [1.165, 1.54) is 10.7 Å². The van der Waals surface area contributed by atoms with Gasteiger partial charge in [-0.05, 0) is 42.8 Å². The summed E-state index contributed by atoms with van der Waals surface area (Å²) in [5.41, 5.74) is 1.36. The molecule has 28 heavy (non-hydrogen) atoms. The minimum absolute atomic E-state index is 0.0826. The molecule has 1 N–H and O–H groups in total. The molecule has 1 heterocycles. The monoisotopic (exact) mass is 399 g/mol. The van der Waals surface area contributed by atoms with E-state index in [9.17, 15) is 4.79 Å². The van der Waals surface area contributed by atoms with E-state index in [1.54, 1.807) is 25.3 Å². The minimum Gasteiger partial charge on any atom is -0.493 e. The van der Waals surface area contributed by atoms with Gasteiger partial charge in [-0.15, -0.1) is 5.10 Å². The third-order valence-electron chi connectivity index (χ3n) is 4.06. The van der Waals surface area contributed by atoms with Gasteiger partial charge in [0.05, 0.1) is 18.9 Å². The standard InChI is InChI=1S/C21H22ClN3O3/c1-3-11-23-14-15-9-10-17(18(12-15)27-2)28-19-13-20(26)25(24-21(19)22)16-7-5-4-6-8-16/h4-10,12-13,23H,3,11,14H2,1-2H3. The number of nitrogens with zero attached hydrogens (tertiary/aromatic N) is 2. The minimum atomic E-state index is -0.343. The average Bonchev–Trinajstić information content (AvgIpc) is 2.72. The van der Waals surface area contributed by atoms with Gasteiger partial charge in [0.25, 0.3) is 5.56 Å². The highest BCUT2D eigenvalue weighted by atomic mass is 35.5. The van der Waals surface area contributed by atoms with E-state index < -0.39 is 0 Å². The van der Waals surface area contributed by atoms with Gasteiger partial charge in [-0.25, -0.2) is 0 Å². The highest BCUT2D eigenvalue weighted by molar-refractivity contribution is 6.30. The molecular formula is C21H22ClN3O3. The Balaban J connectivity index is 1.85. The first-order chi connectivity index (χ1) is 13.6. The van der Waals surface area contributed by atoms with Crippen molar-refractivity contribution in [1.82, 2.24) is 15.1 Å². The Hall–Kier alpha value is -2.83. The molecule has 1 aromatic heterocycles. The molecule has 0 aliphatic carbocycles. The SMILES string of the molecule is CCCNCc1ccc(Oc2cc(=O)n(-c3ccccc3)nc2Cl)c(OC)c1. The fourth-order valence-electron chi connectivity index (χ4n) is 2.68. The van der Waals surface area contributed by atoms with Crippen LogP contribution in [0.1, 0.15) is 18.9 Å². The first kappa shape index (κ1) is 19.9. The van der Waals surface area contributed by atoms with Crippen LogP contribution >= 0.6 is 11.6 Å². The van der Waals surface area contributed by atoms with E-state index in [1.807, 2.05) is 30.3 Å². The zero-order valence-electron chi connectivity index (χ0n) is 15.8. The molecule has 0 aliphatic heterocycles. The maximum atomic E-state index is 12.5. The van der Waals surface area contributed by atoms with E-state index in [0.717, 1.165) is 25.1 Å². The second-order valence-electron chi connectivity index (χ2n) is 6.15. The van der Waals surface area contributed by atoms with Crippen molar-refractivity contribution in [3.05, 3.63) is 75.7 Å². The lowest BCUT2D eigenvalue weighted by Crippen LogP contribution is -2.20. The number of aromatic nitrogens is 2. The van der Waals surface area contributed by atoms with Gasteiger partial charge < -0.3 is 14.8 Å². The van der Waals surface area contributed by atoms with Crippen molar-refractivity contribution < 1.29 is 9.47 Å². The maximum Gasteiger partial charge on any atom is 0.275 e. The molecule has 0 unspecified atom stereocenters.